The van der Waals surface area contributed by atoms with Gasteiger partial charge in [0.15, 0.2) is 5.65 Å². The lowest BCUT2D eigenvalue weighted by molar-refractivity contribution is -0.158. The van der Waals surface area contributed by atoms with Crippen molar-refractivity contribution in [3.8, 4) is 5.75 Å². The number of nitrogens with zero attached hydrogens (tertiary/aromatic N) is 9. The molecule has 0 radical (unpaired) electrons. The van der Waals surface area contributed by atoms with E-state index in [1.807, 2.05) is 30.6 Å². The van der Waals surface area contributed by atoms with Crippen molar-refractivity contribution < 1.29 is 42.2 Å². The third kappa shape index (κ3) is 10.8. The van der Waals surface area contributed by atoms with Crippen LogP contribution in [0.5, 0.6) is 5.75 Å². The highest BCUT2D eigenvalue weighted by Crippen LogP contribution is 2.36. The molecule has 67 heavy (non-hydrogen) atoms. The molecule has 360 valence electrons. The Balaban J connectivity index is 0.815. The number of carbonyl (C=O) groups excluding carboxylic acids is 5. The summed E-state index contributed by atoms with van der Waals surface area (Å²) >= 11 is 0. The van der Waals surface area contributed by atoms with Crippen LogP contribution in [-0.2, 0) is 14.3 Å². The average molecular weight is 929 g/mol. The summed E-state index contributed by atoms with van der Waals surface area (Å²) in [5, 5.41) is 10.9. The highest BCUT2D eigenvalue weighted by Gasteiger charge is 2.34. The van der Waals surface area contributed by atoms with Crippen LogP contribution in [-0.4, -0.2) is 130 Å². The molecule has 1 N–H and O–H groups in total. The van der Waals surface area contributed by atoms with Crippen molar-refractivity contribution in [2.75, 3.05) is 69.8 Å². The van der Waals surface area contributed by atoms with Crippen LogP contribution < -0.4 is 19.9 Å². The average Bonchev–Trinajstić information content (AvgIpc) is 3.96. The maximum Gasteiger partial charge on any atom is 0.328 e. The van der Waals surface area contributed by atoms with E-state index in [2.05, 4.69) is 27.5 Å². The maximum atomic E-state index is 14.5. The number of hydrogen-bond acceptors (Lipinski definition) is 12. The van der Waals surface area contributed by atoms with E-state index in [0.717, 1.165) is 70.9 Å². The molecule has 0 unspecified atom stereocenters. The molecule has 6 heterocycles. The number of anilines is 2. The molecule has 1 aliphatic carbocycles. The molecule has 19 heteroatoms. The van der Waals surface area contributed by atoms with Crippen LogP contribution in [0.1, 0.15) is 129 Å². The first kappa shape index (κ1) is 47.5. The Kier molecular flexibility index (Phi) is 14.2. The number of rotatable bonds is 14. The molecule has 0 spiro atoms. The number of fused-ring (bicyclic) bond motifs is 1. The normalized spacial score (nSPS) is 21.0. The van der Waals surface area contributed by atoms with Crippen LogP contribution >= 0.6 is 0 Å². The number of carbonyl (C=O) groups is 5. The monoisotopic (exact) mass is 928 g/mol. The van der Waals surface area contributed by atoms with E-state index in [1.54, 1.807) is 35.1 Å². The van der Waals surface area contributed by atoms with Crippen molar-refractivity contribution in [2.45, 2.75) is 104 Å². The summed E-state index contributed by atoms with van der Waals surface area (Å²) in [6, 6.07) is 6.19. The van der Waals surface area contributed by atoms with Crippen molar-refractivity contribution >= 4 is 46.8 Å². The molecule has 3 saturated heterocycles. The van der Waals surface area contributed by atoms with Crippen LogP contribution in [0.4, 0.5) is 25.1 Å². The first-order chi connectivity index (χ1) is 32.1. The molecular formula is C48H62F2N10O7. The molecule has 4 fully saturated rings. The van der Waals surface area contributed by atoms with Crippen LogP contribution in [0.25, 0.3) is 5.65 Å². The zero-order valence-corrected chi connectivity index (χ0v) is 39.1. The van der Waals surface area contributed by atoms with E-state index in [1.165, 1.54) is 28.9 Å². The zero-order valence-electron chi connectivity index (χ0n) is 39.1. The van der Waals surface area contributed by atoms with Crippen molar-refractivity contribution in [1.82, 2.24) is 39.5 Å². The van der Waals surface area contributed by atoms with Gasteiger partial charge in [-0.05, 0) is 128 Å². The van der Waals surface area contributed by atoms with Gasteiger partial charge in [-0.25, -0.2) is 23.1 Å². The van der Waals surface area contributed by atoms with Gasteiger partial charge in [-0.1, -0.05) is 0 Å². The van der Waals surface area contributed by atoms with Gasteiger partial charge in [-0.15, -0.1) is 0 Å². The fourth-order valence-electron chi connectivity index (χ4n) is 9.80. The fraction of sp³-hybridized carbons (Fsp3) is 0.583. The SMILES string of the molecule is COc1ccc(C(=O)N2CCC(CCN(C)CC3CCC(n4cc(C(=O)c5cnn6ccc(N7CCC[C@H](OC(=O)C(C)(C)C)C7)nc56)c(C(F)F)n4)CC3)CC2)cc1N1CCC(=O)NC1=O. The number of amides is 4. The smallest absolute Gasteiger partial charge is 0.328 e. The Morgan fingerprint density at radius 1 is 0.955 bits per heavy atom. The van der Waals surface area contributed by atoms with Gasteiger partial charge in [-0.3, -0.25) is 34.1 Å². The summed E-state index contributed by atoms with van der Waals surface area (Å²) < 4.78 is 43.3. The number of hydrogen-bond donors (Lipinski definition) is 1. The molecule has 0 bridgehead atoms. The molecule has 1 saturated carbocycles. The molecule has 3 aliphatic heterocycles. The number of halogens is 2. The molecule has 4 amide bonds. The number of alkyl halides is 2. The lowest BCUT2D eigenvalue weighted by Gasteiger charge is -2.34. The topological polar surface area (TPSA) is 177 Å². The number of nitrogens with one attached hydrogen (secondary N) is 1. The van der Waals surface area contributed by atoms with Gasteiger partial charge in [0, 0.05) is 57.1 Å². The van der Waals surface area contributed by atoms with Crippen LogP contribution in [0.15, 0.2) is 42.9 Å². The molecule has 1 aromatic carbocycles. The van der Waals surface area contributed by atoms with E-state index >= 15 is 0 Å². The number of methoxy groups -OCH3 is 1. The summed E-state index contributed by atoms with van der Waals surface area (Å²) in [6.07, 6.45) is 9.08. The summed E-state index contributed by atoms with van der Waals surface area (Å²) in [5.41, 5.74) is -0.0501. The maximum absolute atomic E-state index is 14.5. The highest BCUT2D eigenvalue weighted by molar-refractivity contribution is 6.13. The Hall–Kier alpha value is -5.98. The molecule has 4 aromatic rings. The van der Waals surface area contributed by atoms with E-state index in [4.69, 9.17) is 14.5 Å². The largest absolute Gasteiger partial charge is 0.495 e. The molecule has 3 aromatic heterocycles. The number of ether oxygens (including phenoxy) is 2. The van der Waals surface area contributed by atoms with Gasteiger partial charge in [0.25, 0.3) is 12.3 Å². The number of likely N-dealkylation sites (tertiary alicyclic amines) is 1. The lowest BCUT2D eigenvalue weighted by Crippen LogP contribution is -2.49. The van der Waals surface area contributed by atoms with E-state index in [9.17, 15) is 32.8 Å². The molecule has 1 atom stereocenters. The zero-order chi connectivity index (χ0) is 47.6. The van der Waals surface area contributed by atoms with E-state index < -0.39 is 29.3 Å². The quantitative estimate of drug-likeness (QED) is 0.105. The summed E-state index contributed by atoms with van der Waals surface area (Å²) in [5.74, 6) is 0.634. The first-order valence-electron chi connectivity index (χ1n) is 23.6. The summed E-state index contributed by atoms with van der Waals surface area (Å²) in [4.78, 5) is 76.9. The van der Waals surface area contributed by atoms with Gasteiger partial charge in [-0.2, -0.15) is 10.2 Å². The molecule has 4 aliphatic rings. The number of urea groups is 1. The van der Waals surface area contributed by atoms with Crippen LogP contribution in [0.3, 0.4) is 0 Å². The van der Waals surface area contributed by atoms with Crippen LogP contribution in [0, 0.1) is 17.3 Å². The summed E-state index contributed by atoms with van der Waals surface area (Å²) in [6.45, 7) is 9.90. The number of esters is 1. The molecular weight excluding hydrogens is 867 g/mol. The summed E-state index contributed by atoms with van der Waals surface area (Å²) in [7, 11) is 3.64. The second kappa shape index (κ2) is 20.1. The minimum atomic E-state index is -2.95. The third-order valence-corrected chi connectivity index (χ3v) is 13.8. The molecule has 17 nitrogen and oxygen atoms in total. The second-order valence-electron chi connectivity index (χ2n) is 19.6. The fourth-order valence-corrected chi connectivity index (χ4v) is 9.80. The van der Waals surface area contributed by atoms with Crippen molar-refractivity contribution in [2.24, 2.45) is 17.3 Å². The minimum absolute atomic E-state index is 0.101. The highest BCUT2D eigenvalue weighted by atomic mass is 19.3. The number of piperidine rings is 2. The minimum Gasteiger partial charge on any atom is -0.495 e. The van der Waals surface area contributed by atoms with Crippen molar-refractivity contribution in [3.05, 3.63) is 65.2 Å². The number of aromatic nitrogens is 5. The van der Waals surface area contributed by atoms with Crippen molar-refractivity contribution in [3.63, 3.8) is 0 Å². The number of imide groups is 1. The van der Waals surface area contributed by atoms with Crippen LogP contribution in [0.2, 0.25) is 0 Å². The van der Waals surface area contributed by atoms with E-state index in [0.29, 0.717) is 60.8 Å². The Bertz CT molecular complexity index is 2470. The standard InChI is InChI=1S/C48H62F2N10O7/c1-48(2,3)46(64)67-34-7-6-19-57(28-34)39-17-24-59-44(52-39)35(26-51-59)42(62)36-29-60(54-41(36)43(49)50)33-11-8-31(9-12-33)27-55(4)20-14-30-15-21-56(22-16-30)45(63)32-10-13-38(66-5)37(25-32)58-23-18-40(61)53-47(58)65/h10,13,17,24-26,29-31,33-34,43H,6-9,11-12,14-16,18-23,27-28H2,1-5H3,(H,53,61,65)/t31?,33?,34-/m0/s1. The second-order valence-corrected chi connectivity index (χ2v) is 19.6. The first-order valence-corrected chi connectivity index (χ1v) is 23.6. The van der Waals surface area contributed by atoms with E-state index in [-0.39, 0.29) is 59.7 Å². The van der Waals surface area contributed by atoms with Gasteiger partial charge >= 0.3 is 12.0 Å². The predicted molar refractivity (Wildman–Crippen MR) is 245 cm³/mol. The molecule has 8 rings (SSSR count). The third-order valence-electron chi connectivity index (χ3n) is 13.8. The predicted octanol–water partition coefficient (Wildman–Crippen LogP) is 6.71. The Morgan fingerprint density at radius 2 is 1.72 bits per heavy atom. The number of ketones is 1. The van der Waals surface area contributed by atoms with Gasteiger partial charge < -0.3 is 24.2 Å². The van der Waals surface area contributed by atoms with Gasteiger partial charge in [0.05, 0.1) is 48.1 Å². The van der Waals surface area contributed by atoms with Gasteiger partial charge in [0.1, 0.15) is 23.4 Å². The lowest BCUT2D eigenvalue weighted by atomic mass is 9.85. The van der Waals surface area contributed by atoms with Gasteiger partial charge in [0.2, 0.25) is 11.7 Å². The Labute approximate surface area is 389 Å². The number of benzene rings is 1. The Morgan fingerprint density at radius 3 is 2.42 bits per heavy atom. The van der Waals surface area contributed by atoms with Crippen molar-refractivity contribution in [1.29, 1.82) is 0 Å².